The minimum absolute atomic E-state index is 0.144. The van der Waals surface area contributed by atoms with Crippen LogP contribution in [0.4, 0.5) is 27.6 Å². The van der Waals surface area contributed by atoms with Gasteiger partial charge in [0, 0.05) is 12.3 Å². The lowest BCUT2D eigenvalue weighted by molar-refractivity contribution is -0.137. The van der Waals surface area contributed by atoms with E-state index in [1.165, 1.54) is 6.92 Å². The number of hydrogen-bond donors (Lipinski definition) is 2. The molecule has 2 N–H and O–H groups in total. The number of carbonyl (C=O) groups excluding carboxylic acids is 1. The van der Waals surface area contributed by atoms with E-state index in [0.717, 1.165) is 12.1 Å². The van der Waals surface area contributed by atoms with E-state index in [1.807, 2.05) is 0 Å². The first-order valence-corrected chi connectivity index (χ1v) is 7.63. The monoisotopic (exact) mass is 401 g/mol. The maximum Gasteiger partial charge on any atom is 0.343 e. The molecule has 0 fully saturated rings. The number of nitrogens with zero attached hydrogens (tertiary/aromatic N) is 1. The van der Waals surface area contributed by atoms with Crippen molar-refractivity contribution in [3.63, 3.8) is 0 Å². The standard InChI is InChI=1S/C18H12F5NO4/c1-2-28-18(27)10(7-24-12-4-3-8(19)5-13(12)25)17(26)9-6-11(20)15(22)16(23)14(9)21/h3-7,25-26H,2H2,1H3. The lowest BCUT2D eigenvalue weighted by Crippen LogP contribution is -2.12. The van der Waals surface area contributed by atoms with Gasteiger partial charge in [0.1, 0.15) is 28.6 Å². The van der Waals surface area contributed by atoms with Crippen LogP contribution in [-0.2, 0) is 9.53 Å². The minimum atomic E-state index is -2.20. The second-order valence-electron chi connectivity index (χ2n) is 5.22. The van der Waals surface area contributed by atoms with E-state index < -0.39 is 57.7 Å². The Labute approximate surface area is 155 Å². The fourth-order valence-corrected chi connectivity index (χ4v) is 2.05. The van der Waals surface area contributed by atoms with E-state index in [0.29, 0.717) is 12.3 Å². The van der Waals surface area contributed by atoms with Crippen molar-refractivity contribution in [1.29, 1.82) is 0 Å². The number of aliphatic hydroxyl groups is 1. The van der Waals surface area contributed by atoms with Crippen molar-refractivity contribution in [3.8, 4) is 5.75 Å². The number of carbonyl (C=O) groups is 1. The lowest BCUT2D eigenvalue weighted by atomic mass is 10.1. The molecule has 0 aliphatic heterocycles. The van der Waals surface area contributed by atoms with Gasteiger partial charge in [-0.05, 0) is 25.1 Å². The van der Waals surface area contributed by atoms with Crippen LogP contribution in [-0.4, -0.2) is 29.0 Å². The zero-order valence-corrected chi connectivity index (χ0v) is 14.1. The number of aliphatic hydroxyl groups excluding tert-OH is 1. The number of ether oxygens (including phenoxy) is 1. The largest absolute Gasteiger partial charge is 0.506 e. The molecular formula is C18H12F5NO4. The number of halogens is 5. The molecule has 0 amide bonds. The highest BCUT2D eigenvalue weighted by Crippen LogP contribution is 2.28. The van der Waals surface area contributed by atoms with Gasteiger partial charge in [0.25, 0.3) is 0 Å². The minimum Gasteiger partial charge on any atom is -0.506 e. The second-order valence-corrected chi connectivity index (χ2v) is 5.22. The average Bonchev–Trinajstić information content (AvgIpc) is 2.64. The maximum absolute atomic E-state index is 13.9. The van der Waals surface area contributed by atoms with E-state index in [4.69, 9.17) is 0 Å². The molecule has 2 aromatic carbocycles. The third-order valence-corrected chi connectivity index (χ3v) is 3.38. The Morgan fingerprint density at radius 3 is 2.39 bits per heavy atom. The molecule has 0 saturated carbocycles. The first kappa shape index (κ1) is 20.9. The van der Waals surface area contributed by atoms with Crippen LogP contribution in [0.3, 0.4) is 0 Å². The van der Waals surface area contributed by atoms with E-state index in [-0.39, 0.29) is 18.4 Å². The van der Waals surface area contributed by atoms with E-state index >= 15 is 0 Å². The van der Waals surface area contributed by atoms with Crippen molar-refractivity contribution in [1.82, 2.24) is 0 Å². The molecule has 5 nitrogen and oxygen atoms in total. The molecule has 2 aromatic rings. The summed E-state index contributed by atoms with van der Waals surface area (Å²) in [6, 6.07) is 2.82. The second kappa shape index (κ2) is 8.51. The smallest absolute Gasteiger partial charge is 0.343 e. The van der Waals surface area contributed by atoms with Gasteiger partial charge in [0.2, 0.25) is 0 Å². The van der Waals surface area contributed by atoms with Crippen LogP contribution in [0.2, 0.25) is 0 Å². The molecule has 2 rings (SSSR count). The molecule has 0 radical (unpaired) electrons. The molecule has 0 unspecified atom stereocenters. The number of aromatic hydroxyl groups is 1. The molecule has 0 saturated heterocycles. The van der Waals surface area contributed by atoms with Crippen molar-refractivity contribution in [2.45, 2.75) is 6.92 Å². The highest BCUT2D eigenvalue weighted by Gasteiger charge is 2.25. The quantitative estimate of drug-likeness (QED) is 0.149. The number of phenols is 1. The lowest BCUT2D eigenvalue weighted by Gasteiger charge is -2.09. The number of phenolic OH excluding ortho intramolecular Hbond substituents is 1. The van der Waals surface area contributed by atoms with Crippen LogP contribution in [0.5, 0.6) is 5.75 Å². The molecule has 0 aromatic heterocycles. The van der Waals surface area contributed by atoms with Crippen molar-refractivity contribution in [2.75, 3.05) is 6.61 Å². The molecule has 0 spiro atoms. The summed E-state index contributed by atoms with van der Waals surface area (Å²) in [6.07, 6.45) is 0.610. The molecule has 0 bridgehead atoms. The Hall–Kier alpha value is -3.43. The van der Waals surface area contributed by atoms with Crippen LogP contribution in [0.1, 0.15) is 12.5 Å². The fourth-order valence-electron chi connectivity index (χ4n) is 2.05. The Kier molecular flexibility index (Phi) is 6.34. The Morgan fingerprint density at radius 2 is 1.79 bits per heavy atom. The predicted octanol–water partition coefficient (Wildman–Crippen LogP) is 4.32. The Bertz CT molecular complexity index is 988. The van der Waals surface area contributed by atoms with E-state index in [2.05, 4.69) is 9.73 Å². The van der Waals surface area contributed by atoms with Crippen LogP contribution >= 0.6 is 0 Å². The van der Waals surface area contributed by atoms with Crippen LogP contribution in [0.25, 0.3) is 5.76 Å². The van der Waals surface area contributed by atoms with Crippen molar-refractivity contribution >= 4 is 23.6 Å². The fraction of sp³-hybridized carbons (Fsp3) is 0.111. The number of esters is 1. The number of aliphatic imine (C=N–C) groups is 1. The summed E-state index contributed by atoms with van der Waals surface area (Å²) in [5, 5.41) is 19.8. The van der Waals surface area contributed by atoms with Crippen LogP contribution in [0, 0.1) is 29.1 Å². The van der Waals surface area contributed by atoms with Gasteiger partial charge in [0.15, 0.2) is 23.3 Å². The van der Waals surface area contributed by atoms with Crippen LogP contribution < -0.4 is 0 Å². The van der Waals surface area contributed by atoms with Crippen molar-refractivity contribution in [2.24, 2.45) is 4.99 Å². The molecule has 10 heteroatoms. The molecule has 0 aliphatic rings. The highest BCUT2D eigenvalue weighted by atomic mass is 19.2. The molecule has 0 heterocycles. The third kappa shape index (κ3) is 4.27. The number of hydrogen-bond acceptors (Lipinski definition) is 5. The topological polar surface area (TPSA) is 79.1 Å². The highest BCUT2D eigenvalue weighted by molar-refractivity contribution is 6.15. The molecule has 0 aliphatic carbocycles. The first-order chi connectivity index (χ1) is 13.2. The van der Waals surface area contributed by atoms with E-state index in [9.17, 15) is 37.0 Å². The summed E-state index contributed by atoms with van der Waals surface area (Å²) in [4.78, 5) is 15.7. The molecule has 28 heavy (non-hydrogen) atoms. The van der Waals surface area contributed by atoms with Crippen LogP contribution in [0.15, 0.2) is 34.8 Å². The molecular weight excluding hydrogens is 389 g/mol. The summed E-state index contributed by atoms with van der Waals surface area (Å²) < 4.78 is 71.5. The van der Waals surface area contributed by atoms with E-state index in [1.54, 1.807) is 0 Å². The van der Waals surface area contributed by atoms with Gasteiger partial charge >= 0.3 is 5.97 Å². The zero-order valence-electron chi connectivity index (χ0n) is 14.1. The van der Waals surface area contributed by atoms with Crippen molar-refractivity contribution < 1.29 is 41.7 Å². The van der Waals surface area contributed by atoms with Gasteiger partial charge in [-0.1, -0.05) is 0 Å². The number of rotatable bonds is 5. The maximum atomic E-state index is 13.9. The summed E-state index contributed by atoms with van der Waals surface area (Å²) in [6.45, 7) is 1.23. The van der Waals surface area contributed by atoms with Gasteiger partial charge in [-0.15, -0.1) is 0 Å². The summed E-state index contributed by atoms with van der Waals surface area (Å²) in [5.74, 6) is -12.0. The predicted molar refractivity (Wildman–Crippen MR) is 88.7 cm³/mol. The number of benzene rings is 2. The van der Waals surface area contributed by atoms with Gasteiger partial charge in [-0.25, -0.2) is 26.7 Å². The molecule has 148 valence electrons. The van der Waals surface area contributed by atoms with Gasteiger partial charge in [-0.2, -0.15) is 0 Å². The normalized spacial score (nSPS) is 12.2. The third-order valence-electron chi connectivity index (χ3n) is 3.38. The van der Waals surface area contributed by atoms with Gasteiger partial charge in [0.05, 0.1) is 12.2 Å². The molecule has 0 atom stereocenters. The first-order valence-electron chi connectivity index (χ1n) is 7.63. The Balaban J connectivity index is 2.62. The summed E-state index contributed by atoms with van der Waals surface area (Å²) >= 11 is 0. The van der Waals surface area contributed by atoms with Crippen molar-refractivity contribution in [3.05, 3.63) is 64.5 Å². The van der Waals surface area contributed by atoms with Gasteiger partial charge < -0.3 is 14.9 Å². The Morgan fingerprint density at radius 1 is 1.11 bits per heavy atom. The average molecular weight is 401 g/mol. The zero-order chi connectivity index (χ0) is 21.0. The summed E-state index contributed by atoms with van der Waals surface area (Å²) in [5.41, 5.74) is -2.25. The van der Waals surface area contributed by atoms with Gasteiger partial charge in [-0.3, -0.25) is 4.99 Å². The SMILES string of the molecule is CCOC(=O)C(C=Nc1ccc(F)cc1O)=C(O)c1cc(F)c(F)c(F)c1F. The summed E-state index contributed by atoms with van der Waals surface area (Å²) in [7, 11) is 0.